The van der Waals surface area contributed by atoms with Gasteiger partial charge in [0.1, 0.15) is 12.4 Å². The largest absolute Gasteiger partial charge is 0.487 e. The summed E-state index contributed by atoms with van der Waals surface area (Å²) in [5.41, 5.74) is 5.86. The van der Waals surface area contributed by atoms with Crippen LogP contribution in [0.4, 0.5) is 5.69 Å². The van der Waals surface area contributed by atoms with Crippen molar-refractivity contribution >= 4 is 34.8 Å². The van der Waals surface area contributed by atoms with E-state index in [4.69, 9.17) is 27.9 Å². The Hall–Kier alpha value is -3.28. The Labute approximate surface area is 209 Å². The zero-order chi connectivity index (χ0) is 24.2. The van der Waals surface area contributed by atoms with Crippen molar-refractivity contribution in [1.82, 2.24) is 9.78 Å². The fraction of sp³-hybridized carbons (Fsp3) is 0.185. The summed E-state index contributed by atoms with van der Waals surface area (Å²) in [4.78, 5) is 12.9. The fourth-order valence-electron chi connectivity index (χ4n) is 3.64. The first-order chi connectivity index (χ1) is 16.3. The van der Waals surface area contributed by atoms with E-state index in [1.807, 2.05) is 80.1 Å². The lowest BCUT2D eigenvalue weighted by molar-refractivity contribution is 0.102. The van der Waals surface area contributed by atoms with E-state index in [0.717, 1.165) is 28.1 Å². The summed E-state index contributed by atoms with van der Waals surface area (Å²) in [6, 6.07) is 20.6. The zero-order valence-electron chi connectivity index (χ0n) is 19.2. The molecule has 1 amide bonds. The van der Waals surface area contributed by atoms with Crippen molar-refractivity contribution in [3.63, 3.8) is 0 Å². The van der Waals surface area contributed by atoms with Crippen molar-refractivity contribution < 1.29 is 9.53 Å². The third-order valence-corrected chi connectivity index (χ3v) is 6.28. The van der Waals surface area contributed by atoms with E-state index >= 15 is 0 Å². The number of carbonyl (C=O) groups is 1. The maximum absolute atomic E-state index is 12.9. The van der Waals surface area contributed by atoms with Gasteiger partial charge in [-0.05, 0) is 67.8 Å². The number of hydrogen-bond acceptors (Lipinski definition) is 3. The highest BCUT2D eigenvalue weighted by molar-refractivity contribution is 6.32. The molecule has 1 heterocycles. The summed E-state index contributed by atoms with van der Waals surface area (Å²) in [5, 5.41) is 8.85. The van der Waals surface area contributed by atoms with Gasteiger partial charge in [0.25, 0.3) is 5.91 Å². The van der Waals surface area contributed by atoms with Gasteiger partial charge in [-0.15, -0.1) is 0 Å². The number of nitrogens with one attached hydrogen (secondary N) is 1. The van der Waals surface area contributed by atoms with Crippen molar-refractivity contribution in [1.29, 1.82) is 0 Å². The molecule has 174 valence electrons. The van der Waals surface area contributed by atoms with Crippen molar-refractivity contribution in [2.24, 2.45) is 0 Å². The lowest BCUT2D eigenvalue weighted by Crippen LogP contribution is -2.13. The minimum absolute atomic E-state index is 0.197. The molecule has 0 fully saturated rings. The molecule has 1 aromatic heterocycles. The summed E-state index contributed by atoms with van der Waals surface area (Å²) < 4.78 is 7.69. The summed E-state index contributed by atoms with van der Waals surface area (Å²) in [6.07, 6.45) is 0. The van der Waals surface area contributed by atoms with Gasteiger partial charge in [0, 0.05) is 10.6 Å². The van der Waals surface area contributed by atoms with Gasteiger partial charge in [0.05, 0.1) is 28.6 Å². The van der Waals surface area contributed by atoms with Crippen LogP contribution in [0.1, 0.15) is 38.4 Å². The van der Waals surface area contributed by atoms with Crippen LogP contribution in [0.15, 0.2) is 66.7 Å². The van der Waals surface area contributed by atoms with Crippen molar-refractivity contribution in [3.8, 4) is 5.75 Å². The second kappa shape index (κ2) is 10.3. The molecule has 0 unspecified atom stereocenters. The monoisotopic (exact) mass is 493 g/mol. The maximum atomic E-state index is 12.9. The molecule has 0 atom stereocenters. The Kier molecular flexibility index (Phi) is 7.25. The van der Waals surface area contributed by atoms with Gasteiger partial charge >= 0.3 is 0 Å². The molecule has 7 heteroatoms. The number of ether oxygens (including phenoxy) is 1. The van der Waals surface area contributed by atoms with Crippen LogP contribution in [0.3, 0.4) is 0 Å². The highest BCUT2D eigenvalue weighted by Crippen LogP contribution is 2.26. The number of halogens is 2. The molecule has 0 aliphatic heterocycles. The molecular formula is C27H25Cl2N3O2. The van der Waals surface area contributed by atoms with Gasteiger partial charge in [0.15, 0.2) is 0 Å². The lowest BCUT2D eigenvalue weighted by Gasteiger charge is -2.10. The summed E-state index contributed by atoms with van der Waals surface area (Å²) in [7, 11) is 0. The van der Waals surface area contributed by atoms with Crippen LogP contribution >= 0.6 is 23.2 Å². The van der Waals surface area contributed by atoms with E-state index in [9.17, 15) is 4.79 Å². The molecule has 0 saturated carbocycles. The number of amides is 1. The van der Waals surface area contributed by atoms with Gasteiger partial charge in [-0.3, -0.25) is 9.48 Å². The molecule has 0 aliphatic rings. The van der Waals surface area contributed by atoms with Gasteiger partial charge < -0.3 is 10.1 Å². The second-order valence-electron chi connectivity index (χ2n) is 8.17. The lowest BCUT2D eigenvalue weighted by atomic mass is 10.1. The van der Waals surface area contributed by atoms with E-state index in [1.165, 1.54) is 0 Å². The minimum Gasteiger partial charge on any atom is -0.487 e. The predicted molar refractivity (Wildman–Crippen MR) is 137 cm³/mol. The number of rotatable bonds is 7. The van der Waals surface area contributed by atoms with Crippen LogP contribution < -0.4 is 10.1 Å². The molecule has 34 heavy (non-hydrogen) atoms. The maximum Gasteiger partial charge on any atom is 0.255 e. The van der Waals surface area contributed by atoms with Crippen LogP contribution in [0.25, 0.3) is 0 Å². The zero-order valence-corrected chi connectivity index (χ0v) is 20.7. The molecule has 0 radical (unpaired) electrons. The SMILES string of the molecule is Cc1ccc(Cl)c(OCc2ccc(C(=O)Nc3c(C)nn(Cc4ccccc4Cl)c3C)cc2)c1. The Morgan fingerprint density at radius 1 is 0.971 bits per heavy atom. The number of benzene rings is 3. The average molecular weight is 494 g/mol. The third kappa shape index (κ3) is 5.44. The van der Waals surface area contributed by atoms with Gasteiger partial charge in [-0.25, -0.2) is 0 Å². The number of aryl methyl sites for hydroxylation is 2. The molecule has 0 spiro atoms. The van der Waals surface area contributed by atoms with E-state index in [2.05, 4.69) is 10.4 Å². The van der Waals surface area contributed by atoms with E-state index in [0.29, 0.717) is 40.2 Å². The number of nitrogens with zero attached hydrogens (tertiary/aromatic N) is 2. The number of anilines is 1. The molecule has 4 aromatic rings. The Balaban J connectivity index is 1.42. The van der Waals surface area contributed by atoms with Crippen LogP contribution in [-0.4, -0.2) is 15.7 Å². The highest BCUT2D eigenvalue weighted by atomic mass is 35.5. The smallest absolute Gasteiger partial charge is 0.255 e. The molecule has 0 bridgehead atoms. The van der Waals surface area contributed by atoms with Gasteiger partial charge in [-0.2, -0.15) is 5.10 Å². The van der Waals surface area contributed by atoms with Crippen LogP contribution in [0, 0.1) is 20.8 Å². The van der Waals surface area contributed by atoms with Crippen molar-refractivity contribution in [2.75, 3.05) is 5.32 Å². The van der Waals surface area contributed by atoms with Gasteiger partial charge in [-0.1, -0.05) is 59.6 Å². The molecule has 4 rings (SSSR count). The topological polar surface area (TPSA) is 56.1 Å². The summed E-state index contributed by atoms with van der Waals surface area (Å²) in [6.45, 7) is 6.69. The minimum atomic E-state index is -0.197. The Bertz CT molecular complexity index is 1330. The average Bonchev–Trinajstić information content (AvgIpc) is 3.08. The van der Waals surface area contributed by atoms with Crippen molar-refractivity contribution in [3.05, 3.63) is 110 Å². The first-order valence-electron chi connectivity index (χ1n) is 10.9. The second-order valence-corrected chi connectivity index (χ2v) is 8.98. The molecule has 1 N–H and O–H groups in total. The van der Waals surface area contributed by atoms with Crippen molar-refractivity contribution in [2.45, 2.75) is 33.9 Å². The highest BCUT2D eigenvalue weighted by Gasteiger charge is 2.16. The quantitative estimate of drug-likeness (QED) is 0.301. The predicted octanol–water partition coefficient (Wildman–Crippen LogP) is 6.99. The molecule has 0 aliphatic carbocycles. The first kappa shape index (κ1) is 23.9. The van der Waals surface area contributed by atoms with Crippen LogP contribution in [0.2, 0.25) is 10.0 Å². The molecule has 3 aromatic carbocycles. The number of carbonyl (C=O) groups excluding carboxylic acids is 1. The van der Waals surface area contributed by atoms with E-state index in [1.54, 1.807) is 12.1 Å². The summed E-state index contributed by atoms with van der Waals surface area (Å²) >= 11 is 12.5. The molecular weight excluding hydrogens is 469 g/mol. The number of aromatic nitrogens is 2. The Morgan fingerprint density at radius 2 is 1.71 bits per heavy atom. The molecule has 5 nitrogen and oxygen atoms in total. The number of hydrogen-bond donors (Lipinski definition) is 1. The third-order valence-electron chi connectivity index (χ3n) is 5.60. The van der Waals surface area contributed by atoms with E-state index < -0.39 is 0 Å². The Morgan fingerprint density at radius 3 is 2.44 bits per heavy atom. The molecule has 0 saturated heterocycles. The standard InChI is InChI=1S/C27H25Cl2N3O2/c1-17-8-13-24(29)25(14-17)34-16-20-9-11-21(12-10-20)27(33)30-26-18(2)31-32(19(26)3)15-22-6-4-5-7-23(22)28/h4-14H,15-16H2,1-3H3,(H,30,33). The normalized spacial score (nSPS) is 10.9. The van der Waals surface area contributed by atoms with E-state index in [-0.39, 0.29) is 5.91 Å². The van der Waals surface area contributed by atoms with Crippen LogP contribution in [-0.2, 0) is 13.2 Å². The fourth-order valence-corrected chi connectivity index (χ4v) is 4.01. The first-order valence-corrected chi connectivity index (χ1v) is 11.6. The van der Waals surface area contributed by atoms with Crippen LogP contribution in [0.5, 0.6) is 5.75 Å². The summed E-state index contributed by atoms with van der Waals surface area (Å²) in [5.74, 6) is 0.445. The van der Waals surface area contributed by atoms with Gasteiger partial charge in [0.2, 0.25) is 0 Å².